The molecule has 1 fully saturated rings. The third-order valence-electron chi connectivity index (χ3n) is 2.93. The summed E-state index contributed by atoms with van der Waals surface area (Å²) in [6, 6.07) is 0. The summed E-state index contributed by atoms with van der Waals surface area (Å²) in [5.74, 6) is 0. The van der Waals surface area contributed by atoms with E-state index >= 15 is 0 Å². The highest BCUT2D eigenvalue weighted by atomic mass is 32.1. The van der Waals surface area contributed by atoms with Crippen LogP contribution >= 0.6 is 0 Å². The van der Waals surface area contributed by atoms with Crippen LogP contribution in [-0.4, -0.2) is 35.7 Å². The molecule has 7 heteroatoms. The van der Waals surface area contributed by atoms with Gasteiger partial charge in [0.1, 0.15) is 6.61 Å². The van der Waals surface area contributed by atoms with Gasteiger partial charge in [-0.15, -0.1) is 0 Å². The van der Waals surface area contributed by atoms with E-state index in [1.54, 1.807) is 0 Å². The Morgan fingerprint density at radius 3 is 2.21 bits per heavy atom. The van der Waals surface area contributed by atoms with Crippen LogP contribution in [0.4, 0.5) is 0 Å². The van der Waals surface area contributed by atoms with Crippen LogP contribution < -0.4 is 5.26 Å². The Bertz CT molecular complexity index is 191. The molecule has 0 radical (unpaired) electrons. The zero-order chi connectivity index (χ0) is 13.8. The SMILES string of the molecule is CCC(CC)OCC1CCC(COO[O-])O1.O=S.[CH3+]. The topological polar surface area (TPSA) is 77.1 Å². The average Bonchev–Trinajstić information content (AvgIpc) is 2.88. The van der Waals surface area contributed by atoms with Crippen molar-refractivity contribution in [2.45, 2.75) is 57.8 Å². The van der Waals surface area contributed by atoms with Gasteiger partial charge in [0, 0.05) is 7.43 Å². The summed E-state index contributed by atoms with van der Waals surface area (Å²) in [5, 5.41) is 13.0. The quantitative estimate of drug-likeness (QED) is 0.377. The zero-order valence-corrected chi connectivity index (χ0v) is 12.6. The molecule has 1 saturated heterocycles. The van der Waals surface area contributed by atoms with Crippen molar-refractivity contribution in [1.82, 2.24) is 0 Å². The fraction of sp³-hybridized carbons (Fsp3) is 0.917. The van der Waals surface area contributed by atoms with E-state index in [0.717, 1.165) is 25.7 Å². The Labute approximate surface area is 120 Å². The second-order valence-corrected chi connectivity index (χ2v) is 4.08. The minimum atomic E-state index is -0.0377. The lowest BCUT2D eigenvalue weighted by Gasteiger charge is -2.18. The first-order valence-electron chi connectivity index (χ1n) is 6.15. The number of hydrogen-bond acceptors (Lipinski definition) is 7. The maximum atomic E-state index is 9.66. The van der Waals surface area contributed by atoms with Crippen LogP contribution in [0.25, 0.3) is 0 Å². The Morgan fingerprint density at radius 2 is 1.74 bits per heavy atom. The van der Waals surface area contributed by atoms with E-state index in [2.05, 4.69) is 36.3 Å². The van der Waals surface area contributed by atoms with Crippen molar-refractivity contribution in [2.75, 3.05) is 13.2 Å². The van der Waals surface area contributed by atoms with Crippen LogP contribution in [0.1, 0.15) is 39.5 Å². The van der Waals surface area contributed by atoms with E-state index in [9.17, 15) is 5.26 Å². The second kappa shape index (κ2) is 14.1. The van der Waals surface area contributed by atoms with Crippen LogP contribution in [-0.2, 0) is 31.9 Å². The second-order valence-electron chi connectivity index (χ2n) is 4.08. The molecule has 1 aliphatic rings. The molecule has 0 aliphatic carbocycles. The molecule has 0 saturated carbocycles. The van der Waals surface area contributed by atoms with Crippen molar-refractivity contribution >= 4 is 12.5 Å². The molecule has 114 valence electrons. The molecule has 0 aromatic carbocycles. The Morgan fingerprint density at radius 1 is 1.21 bits per heavy atom. The summed E-state index contributed by atoms with van der Waals surface area (Å²) in [6.45, 7) is 5.06. The summed E-state index contributed by atoms with van der Waals surface area (Å²) in [7, 11) is 0. The third-order valence-corrected chi connectivity index (χ3v) is 2.93. The molecule has 0 N–H and O–H groups in total. The van der Waals surface area contributed by atoms with Crippen molar-refractivity contribution in [2.24, 2.45) is 0 Å². The number of hydrogen-bond donors (Lipinski definition) is 0. The fourth-order valence-electron chi connectivity index (χ4n) is 1.90. The van der Waals surface area contributed by atoms with Crippen LogP contribution in [0, 0.1) is 7.43 Å². The van der Waals surface area contributed by atoms with Gasteiger partial charge < -0.3 is 14.7 Å². The molecule has 2 atom stereocenters. The predicted molar refractivity (Wildman–Crippen MR) is 69.8 cm³/mol. The largest absolute Gasteiger partial charge is 0.692 e. The van der Waals surface area contributed by atoms with Gasteiger partial charge in [-0.25, -0.2) is 4.89 Å². The molecule has 1 heterocycles. The number of ether oxygens (including phenoxy) is 2. The highest BCUT2D eigenvalue weighted by Crippen LogP contribution is 2.21. The highest BCUT2D eigenvalue weighted by Gasteiger charge is 2.26. The first-order valence-corrected chi connectivity index (χ1v) is 6.48. The van der Waals surface area contributed by atoms with Crippen LogP contribution in [0.3, 0.4) is 0 Å². The van der Waals surface area contributed by atoms with Gasteiger partial charge in [-0.1, -0.05) is 13.8 Å². The predicted octanol–water partition coefficient (Wildman–Crippen LogP) is 1.08. The van der Waals surface area contributed by atoms with Crippen molar-refractivity contribution < 1.29 is 28.9 Å². The van der Waals surface area contributed by atoms with Crippen molar-refractivity contribution in [1.29, 1.82) is 0 Å². The van der Waals surface area contributed by atoms with Crippen LogP contribution in [0.15, 0.2) is 0 Å². The zero-order valence-electron chi connectivity index (χ0n) is 11.8. The molecule has 19 heavy (non-hydrogen) atoms. The van der Waals surface area contributed by atoms with Crippen molar-refractivity contribution in [3.63, 3.8) is 0 Å². The molecule has 2 unspecified atom stereocenters. The van der Waals surface area contributed by atoms with E-state index in [0.29, 0.717) is 12.7 Å². The third kappa shape index (κ3) is 9.26. The van der Waals surface area contributed by atoms with Crippen LogP contribution in [0.5, 0.6) is 0 Å². The van der Waals surface area contributed by atoms with E-state index < -0.39 is 0 Å². The summed E-state index contributed by atoms with van der Waals surface area (Å²) < 4.78 is 19.2. The first-order chi connectivity index (χ1) is 8.80. The van der Waals surface area contributed by atoms with E-state index in [1.807, 2.05) is 0 Å². The van der Waals surface area contributed by atoms with Gasteiger partial charge >= 0.3 is 0 Å². The molecular weight excluding hydrogens is 272 g/mol. The highest BCUT2D eigenvalue weighted by molar-refractivity contribution is 7.44. The molecular formula is C12H24O6S. The molecule has 1 aliphatic heterocycles. The van der Waals surface area contributed by atoms with Gasteiger partial charge in [-0.3, -0.25) is 5.04 Å². The lowest BCUT2D eigenvalue weighted by atomic mass is 10.2. The molecule has 1 rings (SSSR count). The molecule has 6 nitrogen and oxygen atoms in total. The first kappa shape index (κ1) is 21.0. The van der Waals surface area contributed by atoms with Gasteiger partial charge in [-0.05, 0) is 25.7 Å². The minimum Gasteiger partial charge on any atom is -0.692 e. The van der Waals surface area contributed by atoms with Crippen LogP contribution in [0.2, 0.25) is 0 Å². The maximum absolute atomic E-state index is 9.66. The molecule has 0 aromatic heterocycles. The van der Waals surface area contributed by atoms with Crippen molar-refractivity contribution in [3.05, 3.63) is 7.43 Å². The average molecular weight is 296 g/mol. The monoisotopic (exact) mass is 296 g/mol. The van der Waals surface area contributed by atoms with E-state index in [-0.39, 0.29) is 26.2 Å². The fourth-order valence-corrected chi connectivity index (χ4v) is 1.90. The van der Waals surface area contributed by atoms with Gasteiger partial charge in [0.15, 0.2) is 12.5 Å². The summed E-state index contributed by atoms with van der Waals surface area (Å²) in [4.78, 5) is 4.31. The lowest BCUT2D eigenvalue weighted by Crippen LogP contribution is -2.24. The maximum Gasteiger partial charge on any atom is 0.197 e. The standard InChI is InChI=1S/C11H22O5.CH3.OS/c1-3-9(4-2)13-7-10-5-6-11(15-10)8-14-16-12;;1-2/h9-12H,3-8H2,1-2H3;1H3;/q;+1;/p-1. The van der Waals surface area contributed by atoms with E-state index in [4.69, 9.17) is 13.7 Å². The Balaban J connectivity index is 0. The number of rotatable bonds is 8. The lowest BCUT2D eigenvalue weighted by molar-refractivity contribution is -0.800. The Kier molecular flexibility index (Phi) is 15.6. The molecule has 0 aromatic rings. The summed E-state index contributed by atoms with van der Waals surface area (Å²) in [6.07, 6.45) is 4.31. The molecule has 0 amide bonds. The van der Waals surface area contributed by atoms with Crippen molar-refractivity contribution in [3.8, 4) is 0 Å². The van der Waals surface area contributed by atoms with E-state index in [1.165, 1.54) is 0 Å². The minimum absolute atomic E-state index is 0. The summed E-state index contributed by atoms with van der Waals surface area (Å²) >= 11 is 2.83. The molecule has 0 spiro atoms. The van der Waals surface area contributed by atoms with Gasteiger partial charge in [0.05, 0.1) is 24.9 Å². The van der Waals surface area contributed by atoms with Gasteiger partial charge in [0.25, 0.3) is 0 Å². The molecule has 0 bridgehead atoms. The van der Waals surface area contributed by atoms with Gasteiger partial charge in [0.2, 0.25) is 0 Å². The normalized spacial score (nSPS) is 21.7. The smallest absolute Gasteiger partial charge is 0.197 e. The Hall–Kier alpha value is -0.310. The van der Waals surface area contributed by atoms with Gasteiger partial charge in [-0.2, -0.15) is 4.21 Å². The summed E-state index contributed by atoms with van der Waals surface area (Å²) in [5.41, 5.74) is 0.